The standard InChI is InChI=1S/C11H22N2O2/c1-8(2)9(12)10(14)13-5-6-15-11(3,4)7-13/h8-9H,5-7,12H2,1-4H3. The van der Waals surface area contributed by atoms with Crippen LogP contribution >= 0.6 is 0 Å². The number of carbonyl (C=O) groups is 1. The van der Waals surface area contributed by atoms with Gasteiger partial charge in [0.1, 0.15) is 0 Å². The van der Waals surface area contributed by atoms with E-state index < -0.39 is 0 Å². The molecule has 15 heavy (non-hydrogen) atoms. The molecule has 0 spiro atoms. The van der Waals surface area contributed by atoms with Crippen LogP contribution < -0.4 is 5.73 Å². The van der Waals surface area contributed by atoms with Crippen LogP contribution in [0.3, 0.4) is 0 Å². The normalized spacial score (nSPS) is 22.9. The molecule has 4 nitrogen and oxygen atoms in total. The largest absolute Gasteiger partial charge is 0.372 e. The lowest BCUT2D eigenvalue weighted by Gasteiger charge is -2.39. The van der Waals surface area contributed by atoms with E-state index in [9.17, 15) is 4.79 Å². The molecule has 4 heteroatoms. The lowest BCUT2D eigenvalue weighted by Crippen LogP contribution is -2.55. The molecule has 0 saturated carbocycles. The molecule has 1 saturated heterocycles. The summed E-state index contributed by atoms with van der Waals surface area (Å²) in [5.74, 6) is 0.227. The molecule has 0 aliphatic carbocycles. The van der Waals surface area contributed by atoms with Gasteiger partial charge in [0.15, 0.2) is 0 Å². The van der Waals surface area contributed by atoms with Crippen molar-refractivity contribution >= 4 is 5.91 Å². The molecular weight excluding hydrogens is 192 g/mol. The molecule has 1 aliphatic heterocycles. The highest BCUT2D eigenvalue weighted by molar-refractivity contribution is 5.82. The fraction of sp³-hybridized carbons (Fsp3) is 0.909. The molecule has 1 heterocycles. The second-order valence-corrected chi connectivity index (χ2v) is 5.14. The van der Waals surface area contributed by atoms with E-state index in [0.717, 1.165) is 0 Å². The Balaban J connectivity index is 2.60. The fourth-order valence-electron chi connectivity index (χ4n) is 1.70. The summed E-state index contributed by atoms with van der Waals surface area (Å²) in [6.45, 7) is 9.81. The van der Waals surface area contributed by atoms with Gasteiger partial charge in [0.25, 0.3) is 0 Å². The first-order valence-corrected chi connectivity index (χ1v) is 5.52. The third kappa shape index (κ3) is 3.18. The summed E-state index contributed by atoms with van der Waals surface area (Å²) in [6, 6.07) is -0.390. The number of carbonyl (C=O) groups excluding carboxylic acids is 1. The number of hydrogen-bond donors (Lipinski definition) is 1. The van der Waals surface area contributed by atoms with Crippen LogP contribution in [0.5, 0.6) is 0 Å². The van der Waals surface area contributed by atoms with Gasteiger partial charge in [-0.3, -0.25) is 4.79 Å². The maximum absolute atomic E-state index is 12.0. The highest BCUT2D eigenvalue weighted by atomic mass is 16.5. The van der Waals surface area contributed by atoms with Crippen molar-refractivity contribution in [3.8, 4) is 0 Å². The highest BCUT2D eigenvalue weighted by Gasteiger charge is 2.32. The summed E-state index contributed by atoms with van der Waals surface area (Å²) in [6.07, 6.45) is 0. The molecule has 1 atom stereocenters. The summed E-state index contributed by atoms with van der Waals surface area (Å²) >= 11 is 0. The van der Waals surface area contributed by atoms with Crippen LogP contribution in [0.1, 0.15) is 27.7 Å². The monoisotopic (exact) mass is 214 g/mol. The van der Waals surface area contributed by atoms with Crippen molar-refractivity contribution < 1.29 is 9.53 Å². The second-order valence-electron chi connectivity index (χ2n) is 5.14. The third-order valence-corrected chi connectivity index (χ3v) is 2.74. The Bertz CT molecular complexity index is 239. The number of hydrogen-bond acceptors (Lipinski definition) is 3. The quantitative estimate of drug-likeness (QED) is 0.732. The Labute approximate surface area is 91.8 Å². The molecule has 0 aromatic heterocycles. The van der Waals surface area contributed by atoms with Gasteiger partial charge in [0.2, 0.25) is 5.91 Å². The van der Waals surface area contributed by atoms with E-state index in [1.54, 1.807) is 0 Å². The Morgan fingerprint density at radius 2 is 2.07 bits per heavy atom. The van der Waals surface area contributed by atoms with Crippen molar-refractivity contribution in [3.05, 3.63) is 0 Å². The third-order valence-electron chi connectivity index (χ3n) is 2.74. The maximum atomic E-state index is 12.0. The van der Waals surface area contributed by atoms with E-state index >= 15 is 0 Å². The number of rotatable bonds is 2. The first kappa shape index (κ1) is 12.5. The highest BCUT2D eigenvalue weighted by Crippen LogP contribution is 2.17. The van der Waals surface area contributed by atoms with Crippen molar-refractivity contribution in [2.45, 2.75) is 39.3 Å². The zero-order valence-electron chi connectivity index (χ0n) is 10.1. The van der Waals surface area contributed by atoms with Gasteiger partial charge in [0.05, 0.1) is 18.2 Å². The zero-order chi connectivity index (χ0) is 11.6. The number of amides is 1. The first-order valence-electron chi connectivity index (χ1n) is 5.52. The van der Waals surface area contributed by atoms with Crippen LogP contribution in [0.25, 0.3) is 0 Å². The minimum absolute atomic E-state index is 0.0429. The summed E-state index contributed by atoms with van der Waals surface area (Å²) in [7, 11) is 0. The molecule has 1 unspecified atom stereocenters. The van der Waals surface area contributed by atoms with Crippen molar-refractivity contribution in [2.24, 2.45) is 11.7 Å². The molecule has 1 fully saturated rings. The Hall–Kier alpha value is -0.610. The van der Waals surface area contributed by atoms with Gasteiger partial charge in [-0.05, 0) is 19.8 Å². The van der Waals surface area contributed by atoms with Gasteiger partial charge in [0, 0.05) is 13.1 Å². The maximum Gasteiger partial charge on any atom is 0.239 e. The number of morpholine rings is 1. The van der Waals surface area contributed by atoms with Crippen LogP contribution in [0.2, 0.25) is 0 Å². The van der Waals surface area contributed by atoms with Crippen molar-refractivity contribution in [2.75, 3.05) is 19.7 Å². The fourth-order valence-corrected chi connectivity index (χ4v) is 1.70. The van der Waals surface area contributed by atoms with Crippen LogP contribution in [-0.2, 0) is 9.53 Å². The van der Waals surface area contributed by atoms with Gasteiger partial charge < -0.3 is 15.4 Å². The summed E-state index contributed by atoms with van der Waals surface area (Å²) in [5.41, 5.74) is 5.60. The molecule has 0 bridgehead atoms. The number of nitrogens with two attached hydrogens (primary N) is 1. The predicted octanol–water partition coefficient (Wildman–Crippen LogP) is 0.607. The van der Waals surface area contributed by atoms with Crippen LogP contribution in [-0.4, -0.2) is 42.1 Å². The van der Waals surface area contributed by atoms with E-state index in [-0.39, 0.29) is 23.5 Å². The van der Waals surface area contributed by atoms with Crippen LogP contribution in [0, 0.1) is 5.92 Å². The molecule has 2 N–H and O–H groups in total. The lowest BCUT2D eigenvalue weighted by molar-refractivity contribution is -0.148. The summed E-state index contributed by atoms with van der Waals surface area (Å²) < 4.78 is 5.55. The van der Waals surface area contributed by atoms with E-state index in [1.165, 1.54) is 0 Å². The first-order chi connectivity index (χ1) is 6.83. The van der Waals surface area contributed by atoms with Crippen molar-refractivity contribution in [1.29, 1.82) is 0 Å². The Kier molecular flexibility index (Phi) is 3.73. The average molecular weight is 214 g/mol. The molecular formula is C11H22N2O2. The summed E-state index contributed by atoms with van der Waals surface area (Å²) in [4.78, 5) is 13.8. The minimum atomic E-state index is -0.390. The molecule has 1 amide bonds. The van der Waals surface area contributed by atoms with Crippen molar-refractivity contribution in [3.63, 3.8) is 0 Å². The van der Waals surface area contributed by atoms with E-state index in [2.05, 4.69) is 0 Å². The predicted molar refractivity (Wildman–Crippen MR) is 59.4 cm³/mol. The van der Waals surface area contributed by atoms with Gasteiger partial charge in [-0.15, -0.1) is 0 Å². The Morgan fingerprint density at radius 3 is 2.53 bits per heavy atom. The van der Waals surface area contributed by atoms with E-state index in [0.29, 0.717) is 19.7 Å². The molecule has 0 aromatic carbocycles. The minimum Gasteiger partial charge on any atom is -0.372 e. The Morgan fingerprint density at radius 1 is 1.47 bits per heavy atom. The molecule has 0 aromatic rings. The second kappa shape index (κ2) is 4.49. The molecule has 1 rings (SSSR count). The van der Waals surface area contributed by atoms with Gasteiger partial charge >= 0.3 is 0 Å². The smallest absolute Gasteiger partial charge is 0.239 e. The van der Waals surface area contributed by atoms with E-state index in [1.807, 2.05) is 32.6 Å². The lowest BCUT2D eigenvalue weighted by atomic mass is 10.0. The molecule has 1 aliphatic rings. The molecule has 88 valence electrons. The SMILES string of the molecule is CC(C)C(N)C(=O)N1CCOC(C)(C)C1. The van der Waals surface area contributed by atoms with Gasteiger partial charge in [-0.1, -0.05) is 13.8 Å². The summed E-state index contributed by atoms with van der Waals surface area (Å²) in [5, 5.41) is 0. The molecule has 0 radical (unpaired) electrons. The van der Waals surface area contributed by atoms with Crippen LogP contribution in [0.4, 0.5) is 0 Å². The van der Waals surface area contributed by atoms with E-state index in [4.69, 9.17) is 10.5 Å². The zero-order valence-corrected chi connectivity index (χ0v) is 10.1. The number of ether oxygens (including phenoxy) is 1. The van der Waals surface area contributed by atoms with Crippen molar-refractivity contribution in [1.82, 2.24) is 4.90 Å². The van der Waals surface area contributed by atoms with Crippen LogP contribution in [0.15, 0.2) is 0 Å². The van der Waals surface area contributed by atoms with Gasteiger partial charge in [-0.25, -0.2) is 0 Å². The van der Waals surface area contributed by atoms with Gasteiger partial charge in [-0.2, -0.15) is 0 Å². The average Bonchev–Trinajstić information content (AvgIpc) is 2.13. The number of nitrogens with zero attached hydrogens (tertiary/aromatic N) is 1. The topological polar surface area (TPSA) is 55.6 Å².